The van der Waals surface area contributed by atoms with E-state index in [4.69, 9.17) is 5.26 Å². The number of pyridine rings is 1. The van der Waals surface area contributed by atoms with Crippen LogP contribution in [-0.4, -0.2) is 21.7 Å². The number of hydrazone groups is 1. The number of H-pyrrole nitrogens is 1. The van der Waals surface area contributed by atoms with Gasteiger partial charge in [-0.3, -0.25) is 14.6 Å². The summed E-state index contributed by atoms with van der Waals surface area (Å²) < 4.78 is 0. The number of aromatic amines is 1. The minimum Gasteiger partial charge on any atom is -0.494 e. The number of nitriles is 1. The van der Waals surface area contributed by atoms with E-state index in [1.807, 2.05) is 6.07 Å². The van der Waals surface area contributed by atoms with Gasteiger partial charge in [0.15, 0.2) is 5.88 Å². The van der Waals surface area contributed by atoms with E-state index >= 15 is 0 Å². The van der Waals surface area contributed by atoms with Crippen molar-refractivity contribution in [3.05, 3.63) is 62.9 Å². The number of rotatable bonds is 2. The molecule has 7 nitrogen and oxygen atoms in total. The van der Waals surface area contributed by atoms with Crippen LogP contribution in [0.5, 0.6) is 5.88 Å². The van der Waals surface area contributed by atoms with Gasteiger partial charge < -0.3 is 5.11 Å². The first-order chi connectivity index (χ1) is 11.9. The molecule has 0 spiro atoms. The Hall–Kier alpha value is -3.66. The number of para-hydroxylation sites is 1. The van der Waals surface area contributed by atoms with Crippen LogP contribution in [0.4, 0.5) is 5.69 Å². The van der Waals surface area contributed by atoms with Gasteiger partial charge in [-0.1, -0.05) is 18.2 Å². The minimum absolute atomic E-state index is 0.107. The van der Waals surface area contributed by atoms with Crippen molar-refractivity contribution < 1.29 is 9.90 Å². The highest BCUT2D eigenvalue weighted by molar-refractivity contribution is 6.32. The number of aromatic nitrogens is 1. The molecule has 0 unspecified atom stereocenters. The van der Waals surface area contributed by atoms with Gasteiger partial charge in [-0.25, -0.2) is 0 Å². The summed E-state index contributed by atoms with van der Waals surface area (Å²) in [5, 5.41) is 24.7. The number of carbonyl (C=O) groups is 1. The molecule has 1 amide bonds. The molecule has 0 fully saturated rings. The van der Waals surface area contributed by atoms with Gasteiger partial charge in [0.2, 0.25) is 0 Å². The quantitative estimate of drug-likeness (QED) is 0.819. The number of benzene rings is 1. The number of aromatic hydroxyl groups is 1. The van der Waals surface area contributed by atoms with Gasteiger partial charge in [-0.2, -0.15) is 15.4 Å². The van der Waals surface area contributed by atoms with E-state index in [1.54, 1.807) is 44.2 Å². The number of hydrogen-bond acceptors (Lipinski definition) is 5. The van der Waals surface area contributed by atoms with Crippen LogP contribution >= 0.6 is 0 Å². The number of nitrogens with one attached hydrogen (secondary N) is 1. The molecule has 0 aliphatic carbocycles. The highest BCUT2D eigenvalue weighted by Gasteiger charge is 2.29. The van der Waals surface area contributed by atoms with Crippen LogP contribution in [0, 0.1) is 18.3 Å². The Kier molecular flexibility index (Phi) is 3.95. The standard InChI is InChI=1S/C18H14N4O3/c1-10-13(16(23)20-17(24)15(10)9-19)8-14-11(2)21-22(18(14)25)12-6-4-3-5-7-12/h3-8H,1-2H3,(H2,20,23,24)/b14-8-. The van der Waals surface area contributed by atoms with Crippen molar-refractivity contribution in [3.63, 3.8) is 0 Å². The van der Waals surface area contributed by atoms with Crippen LogP contribution in [0.1, 0.15) is 23.6 Å². The van der Waals surface area contributed by atoms with E-state index in [-0.39, 0.29) is 22.6 Å². The second-order valence-corrected chi connectivity index (χ2v) is 5.52. The summed E-state index contributed by atoms with van der Waals surface area (Å²) >= 11 is 0. The lowest BCUT2D eigenvalue weighted by molar-refractivity contribution is -0.114. The van der Waals surface area contributed by atoms with Gasteiger partial charge in [0.1, 0.15) is 11.6 Å². The molecule has 1 aliphatic rings. The van der Waals surface area contributed by atoms with Crippen molar-refractivity contribution in [1.82, 2.24) is 4.98 Å². The largest absolute Gasteiger partial charge is 0.494 e. The summed E-state index contributed by atoms with van der Waals surface area (Å²) in [5.41, 5.74) is 1.10. The number of nitrogens with zero attached hydrogens (tertiary/aromatic N) is 3. The normalized spacial score (nSPS) is 15.4. The van der Waals surface area contributed by atoms with Gasteiger partial charge in [0.05, 0.1) is 17.0 Å². The van der Waals surface area contributed by atoms with E-state index in [1.165, 1.54) is 11.1 Å². The van der Waals surface area contributed by atoms with Crippen molar-refractivity contribution in [1.29, 1.82) is 5.26 Å². The van der Waals surface area contributed by atoms with Gasteiger partial charge in [-0.15, -0.1) is 0 Å². The lowest BCUT2D eigenvalue weighted by Gasteiger charge is -2.11. The second-order valence-electron chi connectivity index (χ2n) is 5.52. The van der Waals surface area contributed by atoms with Crippen LogP contribution in [0.2, 0.25) is 0 Å². The molecule has 0 atom stereocenters. The van der Waals surface area contributed by atoms with Gasteiger partial charge in [0.25, 0.3) is 11.5 Å². The number of carbonyl (C=O) groups excluding carboxylic acids is 1. The Morgan fingerprint density at radius 3 is 2.56 bits per heavy atom. The first-order valence-electron chi connectivity index (χ1n) is 7.46. The summed E-state index contributed by atoms with van der Waals surface area (Å²) in [6, 6.07) is 10.8. The number of anilines is 1. The van der Waals surface area contributed by atoms with Crippen LogP contribution < -0.4 is 10.6 Å². The molecule has 1 aliphatic heterocycles. The Morgan fingerprint density at radius 1 is 1.24 bits per heavy atom. The zero-order valence-electron chi connectivity index (χ0n) is 13.6. The molecular formula is C18H14N4O3. The molecule has 0 radical (unpaired) electrons. The Bertz CT molecular complexity index is 1030. The zero-order valence-corrected chi connectivity index (χ0v) is 13.6. The smallest absolute Gasteiger partial charge is 0.280 e. The fourth-order valence-electron chi connectivity index (χ4n) is 2.60. The highest BCUT2D eigenvalue weighted by atomic mass is 16.3. The maximum Gasteiger partial charge on any atom is 0.280 e. The third-order valence-corrected chi connectivity index (χ3v) is 3.96. The first kappa shape index (κ1) is 16.2. The molecule has 124 valence electrons. The summed E-state index contributed by atoms with van der Waals surface area (Å²) in [7, 11) is 0. The van der Waals surface area contributed by atoms with E-state index in [9.17, 15) is 14.7 Å². The molecule has 3 rings (SSSR count). The molecular weight excluding hydrogens is 320 g/mol. The molecule has 2 aromatic rings. The zero-order chi connectivity index (χ0) is 18.1. The van der Waals surface area contributed by atoms with Gasteiger partial charge in [0, 0.05) is 5.56 Å². The lowest BCUT2D eigenvalue weighted by Crippen LogP contribution is -2.21. The van der Waals surface area contributed by atoms with Crippen molar-refractivity contribution >= 4 is 23.4 Å². The summed E-state index contributed by atoms with van der Waals surface area (Å²) in [4.78, 5) is 26.6. The maximum atomic E-state index is 12.7. The Balaban J connectivity index is 2.10. The fraction of sp³-hybridized carbons (Fsp3) is 0.111. The number of amides is 1. The predicted molar refractivity (Wildman–Crippen MR) is 93.2 cm³/mol. The molecule has 2 N–H and O–H groups in total. The maximum absolute atomic E-state index is 12.7. The van der Waals surface area contributed by atoms with Crippen molar-refractivity contribution in [2.75, 3.05) is 5.01 Å². The topological polar surface area (TPSA) is 110 Å². The minimum atomic E-state index is -0.673. The Labute approximate surface area is 143 Å². The van der Waals surface area contributed by atoms with E-state index in [0.717, 1.165) is 0 Å². The van der Waals surface area contributed by atoms with Crippen LogP contribution in [-0.2, 0) is 4.79 Å². The molecule has 0 saturated heterocycles. The lowest BCUT2D eigenvalue weighted by atomic mass is 10.0. The fourth-order valence-corrected chi connectivity index (χ4v) is 2.60. The van der Waals surface area contributed by atoms with Crippen molar-refractivity contribution in [2.45, 2.75) is 13.8 Å². The molecule has 1 aromatic heterocycles. The molecule has 1 aromatic carbocycles. The monoisotopic (exact) mass is 334 g/mol. The van der Waals surface area contributed by atoms with Crippen molar-refractivity contribution in [2.24, 2.45) is 5.10 Å². The van der Waals surface area contributed by atoms with Gasteiger partial charge >= 0.3 is 0 Å². The van der Waals surface area contributed by atoms with E-state index in [2.05, 4.69) is 10.1 Å². The highest BCUT2D eigenvalue weighted by Crippen LogP contribution is 2.27. The predicted octanol–water partition coefficient (Wildman–Crippen LogP) is 2.07. The SMILES string of the molecule is CC1=NN(c2ccccc2)C(=O)/C1=C\c1c(O)[nH]c(=O)c(C#N)c1C. The van der Waals surface area contributed by atoms with Crippen LogP contribution in [0.25, 0.3) is 6.08 Å². The Morgan fingerprint density at radius 2 is 1.92 bits per heavy atom. The summed E-state index contributed by atoms with van der Waals surface area (Å²) in [6.45, 7) is 3.22. The van der Waals surface area contributed by atoms with E-state index in [0.29, 0.717) is 17.0 Å². The van der Waals surface area contributed by atoms with E-state index < -0.39 is 11.4 Å². The van der Waals surface area contributed by atoms with Gasteiger partial charge in [-0.05, 0) is 37.6 Å². The first-order valence-corrected chi connectivity index (χ1v) is 7.46. The molecule has 0 saturated carbocycles. The van der Waals surface area contributed by atoms with Crippen molar-refractivity contribution in [3.8, 4) is 11.9 Å². The summed E-state index contributed by atoms with van der Waals surface area (Å²) in [5.74, 6) is -0.750. The molecule has 2 heterocycles. The average molecular weight is 334 g/mol. The molecule has 0 bridgehead atoms. The number of hydrogen-bond donors (Lipinski definition) is 2. The third kappa shape index (κ3) is 2.70. The third-order valence-electron chi connectivity index (χ3n) is 3.96. The molecule has 25 heavy (non-hydrogen) atoms. The average Bonchev–Trinajstić information content (AvgIpc) is 2.87. The second kappa shape index (κ2) is 6.09. The summed E-state index contributed by atoms with van der Waals surface area (Å²) in [6.07, 6.45) is 1.44. The molecule has 7 heteroatoms. The van der Waals surface area contributed by atoms with Crippen LogP contribution in [0.15, 0.2) is 45.8 Å². The van der Waals surface area contributed by atoms with Crippen LogP contribution in [0.3, 0.4) is 0 Å².